The van der Waals surface area contributed by atoms with Crippen LogP contribution < -0.4 is 14.8 Å². The van der Waals surface area contributed by atoms with Gasteiger partial charge in [0, 0.05) is 23.2 Å². The zero-order valence-corrected chi connectivity index (χ0v) is 18.1. The Kier molecular flexibility index (Phi) is 6.22. The lowest BCUT2D eigenvalue weighted by molar-refractivity contribution is -0.286. The van der Waals surface area contributed by atoms with Crippen LogP contribution in [0.2, 0.25) is 5.02 Å². The smallest absolute Gasteiger partial charge is 0.395 e. The van der Waals surface area contributed by atoms with E-state index in [-0.39, 0.29) is 28.3 Å². The second-order valence-electron chi connectivity index (χ2n) is 7.16. The Morgan fingerprint density at radius 2 is 1.90 bits per heavy atom. The van der Waals surface area contributed by atoms with E-state index in [1.165, 1.54) is 12.1 Å². The maximum absolute atomic E-state index is 13.3. The van der Waals surface area contributed by atoms with Crippen LogP contribution in [-0.4, -0.2) is 17.4 Å². The number of nitrogens with zero attached hydrogens (tertiary/aromatic N) is 1. The number of nitrogens with one attached hydrogen (secondary N) is 1. The van der Waals surface area contributed by atoms with E-state index >= 15 is 0 Å². The number of aromatic nitrogens is 1. The van der Waals surface area contributed by atoms with Crippen LogP contribution >= 0.6 is 11.6 Å². The molecule has 9 heteroatoms. The Hall–Kier alpha value is -3.13. The SMILES string of the molecule is C=C(/C=C\C(=C/C)c1cc2c(cc1Cl)OC(F)(F)O2)NC(=O)c1c(C)noc1C(C)C. The highest BCUT2D eigenvalue weighted by molar-refractivity contribution is 6.32. The summed E-state index contributed by atoms with van der Waals surface area (Å²) in [5.41, 5.74) is 2.22. The molecule has 2 aromatic rings. The van der Waals surface area contributed by atoms with Gasteiger partial charge in [0.05, 0.1) is 10.7 Å². The van der Waals surface area contributed by atoms with Gasteiger partial charge in [0.2, 0.25) is 0 Å². The fourth-order valence-electron chi connectivity index (χ4n) is 3.03. The Morgan fingerprint density at radius 1 is 1.26 bits per heavy atom. The lowest BCUT2D eigenvalue weighted by Gasteiger charge is -2.09. The average molecular weight is 451 g/mol. The number of ether oxygens (including phenoxy) is 2. The van der Waals surface area contributed by atoms with Crippen LogP contribution in [0.15, 0.2) is 47.2 Å². The lowest BCUT2D eigenvalue weighted by Crippen LogP contribution is -2.25. The fraction of sp³-hybridized carbons (Fsp3) is 0.273. The Bertz CT molecular complexity index is 1100. The third-order valence-electron chi connectivity index (χ3n) is 4.49. The average Bonchev–Trinajstić information content (AvgIpc) is 3.20. The minimum atomic E-state index is -3.73. The summed E-state index contributed by atoms with van der Waals surface area (Å²) in [5.74, 6) is -0.165. The number of hydrogen-bond acceptors (Lipinski definition) is 5. The van der Waals surface area contributed by atoms with Crippen molar-refractivity contribution in [3.05, 3.63) is 70.2 Å². The molecular formula is C22H21ClF2N2O4. The van der Waals surface area contributed by atoms with Crippen molar-refractivity contribution in [2.24, 2.45) is 0 Å². The highest BCUT2D eigenvalue weighted by Crippen LogP contribution is 2.45. The van der Waals surface area contributed by atoms with Gasteiger partial charge in [-0.05, 0) is 31.6 Å². The monoisotopic (exact) mass is 450 g/mol. The van der Waals surface area contributed by atoms with E-state index in [1.54, 1.807) is 32.1 Å². The maximum atomic E-state index is 13.3. The molecule has 0 bridgehead atoms. The molecule has 0 saturated carbocycles. The van der Waals surface area contributed by atoms with E-state index < -0.39 is 6.29 Å². The molecular weight excluding hydrogens is 430 g/mol. The zero-order chi connectivity index (χ0) is 22.9. The second-order valence-corrected chi connectivity index (χ2v) is 7.57. The number of halogens is 3. The van der Waals surface area contributed by atoms with Crippen molar-refractivity contribution in [1.82, 2.24) is 10.5 Å². The van der Waals surface area contributed by atoms with E-state index in [4.69, 9.17) is 16.1 Å². The van der Waals surface area contributed by atoms with Gasteiger partial charge in [0.25, 0.3) is 5.91 Å². The first kappa shape index (κ1) is 22.6. The summed E-state index contributed by atoms with van der Waals surface area (Å²) in [6.07, 6.45) is 1.21. The van der Waals surface area contributed by atoms with Gasteiger partial charge in [-0.25, -0.2) is 0 Å². The van der Waals surface area contributed by atoms with Crippen molar-refractivity contribution in [3.8, 4) is 11.5 Å². The molecule has 31 heavy (non-hydrogen) atoms. The Morgan fingerprint density at radius 3 is 2.52 bits per heavy atom. The molecule has 1 aromatic heterocycles. The normalized spacial score (nSPS) is 15.0. The molecule has 0 radical (unpaired) electrons. The van der Waals surface area contributed by atoms with Gasteiger partial charge in [-0.2, -0.15) is 0 Å². The summed E-state index contributed by atoms with van der Waals surface area (Å²) in [4.78, 5) is 12.6. The van der Waals surface area contributed by atoms with Crippen molar-refractivity contribution < 1.29 is 27.6 Å². The largest absolute Gasteiger partial charge is 0.586 e. The molecule has 0 fully saturated rings. The number of hydrogen-bond donors (Lipinski definition) is 1. The lowest BCUT2D eigenvalue weighted by atomic mass is 10.0. The van der Waals surface area contributed by atoms with Crippen molar-refractivity contribution >= 4 is 23.1 Å². The van der Waals surface area contributed by atoms with Gasteiger partial charge in [0.15, 0.2) is 17.3 Å². The first-order valence-electron chi connectivity index (χ1n) is 9.43. The van der Waals surface area contributed by atoms with Gasteiger partial charge in [-0.1, -0.05) is 49.3 Å². The zero-order valence-electron chi connectivity index (χ0n) is 17.4. The summed E-state index contributed by atoms with van der Waals surface area (Å²) < 4.78 is 40.7. The topological polar surface area (TPSA) is 73.6 Å². The standard InChI is InChI=1S/C22H21ClF2N2O4/c1-6-14(15-9-17-18(10-16(15)23)30-22(24,25)29-17)8-7-12(4)26-21(28)19-13(5)27-31-20(19)11(2)3/h6-11H,4H2,1-3,5H3,(H,26,28)/b8-7-,14-6+. The van der Waals surface area contributed by atoms with Crippen molar-refractivity contribution in [1.29, 1.82) is 0 Å². The van der Waals surface area contributed by atoms with Crippen LogP contribution in [0.4, 0.5) is 8.78 Å². The third-order valence-corrected chi connectivity index (χ3v) is 4.80. The molecule has 0 saturated heterocycles. The highest BCUT2D eigenvalue weighted by atomic mass is 35.5. The quantitative estimate of drug-likeness (QED) is 0.547. The van der Waals surface area contributed by atoms with Crippen LogP contribution in [-0.2, 0) is 0 Å². The van der Waals surface area contributed by atoms with Gasteiger partial charge < -0.3 is 19.3 Å². The van der Waals surface area contributed by atoms with Gasteiger partial charge in [0.1, 0.15) is 5.56 Å². The van der Waals surface area contributed by atoms with E-state index in [1.807, 2.05) is 13.8 Å². The van der Waals surface area contributed by atoms with E-state index in [2.05, 4.69) is 26.5 Å². The third kappa shape index (κ3) is 4.80. The Balaban J connectivity index is 1.76. The number of carbonyl (C=O) groups is 1. The molecule has 1 N–H and O–H groups in total. The maximum Gasteiger partial charge on any atom is 0.586 e. The number of fused-ring (bicyclic) bond motifs is 1. The molecule has 2 heterocycles. The molecule has 3 rings (SSSR count). The van der Waals surface area contributed by atoms with Crippen LogP contribution in [0, 0.1) is 6.92 Å². The van der Waals surface area contributed by atoms with Gasteiger partial charge >= 0.3 is 6.29 Å². The molecule has 1 aromatic carbocycles. The summed E-state index contributed by atoms with van der Waals surface area (Å²) in [6, 6.07) is 2.64. The number of alkyl halides is 2. The molecule has 0 aliphatic carbocycles. The van der Waals surface area contributed by atoms with E-state index in [0.717, 1.165) is 0 Å². The van der Waals surface area contributed by atoms with Crippen LogP contribution in [0.25, 0.3) is 5.57 Å². The molecule has 1 aliphatic rings. The minimum Gasteiger partial charge on any atom is -0.395 e. The first-order valence-corrected chi connectivity index (χ1v) is 9.80. The predicted molar refractivity (Wildman–Crippen MR) is 112 cm³/mol. The fourth-order valence-corrected chi connectivity index (χ4v) is 3.29. The number of aryl methyl sites for hydroxylation is 1. The molecule has 0 unspecified atom stereocenters. The molecule has 164 valence electrons. The number of benzene rings is 1. The van der Waals surface area contributed by atoms with Crippen LogP contribution in [0.3, 0.4) is 0 Å². The molecule has 0 atom stereocenters. The van der Waals surface area contributed by atoms with E-state index in [0.29, 0.717) is 33.9 Å². The Labute approximate surface area is 183 Å². The highest BCUT2D eigenvalue weighted by Gasteiger charge is 2.43. The number of carbonyl (C=O) groups excluding carboxylic acids is 1. The van der Waals surface area contributed by atoms with Crippen molar-refractivity contribution in [2.75, 3.05) is 0 Å². The number of amides is 1. The molecule has 1 amide bonds. The summed E-state index contributed by atoms with van der Waals surface area (Å²) in [7, 11) is 0. The number of rotatable bonds is 6. The summed E-state index contributed by atoms with van der Waals surface area (Å²) >= 11 is 6.24. The number of allylic oxidation sites excluding steroid dienone is 4. The van der Waals surface area contributed by atoms with E-state index in [9.17, 15) is 13.6 Å². The van der Waals surface area contributed by atoms with Crippen molar-refractivity contribution in [3.63, 3.8) is 0 Å². The molecule has 1 aliphatic heterocycles. The summed E-state index contributed by atoms with van der Waals surface area (Å²) in [6.45, 7) is 11.1. The second kappa shape index (κ2) is 8.55. The minimum absolute atomic E-state index is 0.0130. The molecule has 0 spiro atoms. The van der Waals surface area contributed by atoms with Crippen LogP contribution in [0.5, 0.6) is 11.5 Å². The van der Waals surface area contributed by atoms with Gasteiger partial charge in [-0.3, -0.25) is 4.79 Å². The summed E-state index contributed by atoms with van der Waals surface area (Å²) in [5, 5.41) is 6.75. The van der Waals surface area contributed by atoms with Crippen molar-refractivity contribution in [2.45, 2.75) is 39.9 Å². The van der Waals surface area contributed by atoms with Crippen LogP contribution in [0.1, 0.15) is 54.1 Å². The predicted octanol–water partition coefficient (Wildman–Crippen LogP) is 5.98. The first-order chi connectivity index (χ1) is 14.5. The van der Waals surface area contributed by atoms with Gasteiger partial charge in [-0.15, -0.1) is 8.78 Å². The molecule has 6 nitrogen and oxygen atoms in total.